The zero-order valence-corrected chi connectivity index (χ0v) is 22.9. The molecule has 0 aliphatic rings. The van der Waals surface area contributed by atoms with Crippen LogP contribution < -0.4 is 0 Å². The maximum Gasteiger partial charge on any atom is 0.196 e. The van der Waals surface area contributed by atoms with Gasteiger partial charge in [0.2, 0.25) is 0 Å². The second-order valence-corrected chi connectivity index (χ2v) is 13.4. The van der Waals surface area contributed by atoms with Gasteiger partial charge in [-0.15, -0.1) is 11.6 Å². The highest BCUT2D eigenvalue weighted by Crippen LogP contribution is 2.31. The van der Waals surface area contributed by atoms with Gasteiger partial charge in [0, 0.05) is 12.3 Å². The smallest absolute Gasteiger partial charge is 0.196 e. The Morgan fingerprint density at radius 2 is 1.37 bits per heavy atom. The van der Waals surface area contributed by atoms with Gasteiger partial charge in [0.25, 0.3) is 0 Å². The molecule has 0 aliphatic heterocycles. The largest absolute Gasteiger partial charge is 0.371 e. The molecule has 0 saturated carbocycles. The summed E-state index contributed by atoms with van der Waals surface area (Å²) in [6, 6.07) is 15.6. The maximum absolute atomic E-state index is 13.7. The quantitative estimate of drug-likeness (QED) is 0.136. The van der Waals surface area contributed by atoms with Crippen LogP contribution in [0.3, 0.4) is 0 Å². The topological polar surface area (TPSA) is 77.5 Å². The van der Waals surface area contributed by atoms with E-state index in [-0.39, 0.29) is 22.3 Å². The van der Waals surface area contributed by atoms with Crippen LogP contribution in [0.1, 0.15) is 58.8 Å². The van der Waals surface area contributed by atoms with Crippen molar-refractivity contribution in [1.29, 1.82) is 0 Å². The number of halogens is 1. The van der Waals surface area contributed by atoms with E-state index >= 15 is 0 Å². The van der Waals surface area contributed by atoms with Crippen molar-refractivity contribution in [2.75, 3.05) is 5.88 Å². The lowest BCUT2D eigenvalue weighted by Gasteiger charge is -2.27. The molecule has 0 amide bonds. The van der Waals surface area contributed by atoms with Gasteiger partial charge in [0.1, 0.15) is 0 Å². The molecule has 0 heterocycles. The average molecular weight is 541 g/mol. The third-order valence-electron chi connectivity index (χ3n) is 5.88. The standard InChI is InChI=1S/C27H37ClO5S2/c1-3-5-6-9-15-24(33-23(4-2)16-14-21-28)22-27(34(29,30)25-17-10-7-11-18-25)35(31,32)26-19-12-8-13-20-26/h7-8,10-14,16-20,23-24,27H,3-6,9,15,21-22H2,1-2H3/b16-14+/t23?,24-/m0/s1. The SMILES string of the molecule is CCCCCC[C@@H](CC(S(=O)(=O)c1ccccc1)S(=O)(=O)c1ccccc1)OC(/C=C/CCl)CC. The van der Waals surface area contributed by atoms with Crippen LogP contribution in [0.2, 0.25) is 0 Å². The minimum atomic E-state index is -4.20. The van der Waals surface area contributed by atoms with Crippen molar-refractivity contribution in [3.05, 3.63) is 72.8 Å². The number of ether oxygens (including phenoxy) is 1. The van der Waals surface area contributed by atoms with Crippen LogP contribution in [-0.2, 0) is 24.4 Å². The van der Waals surface area contributed by atoms with Crippen LogP contribution in [0.5, 0.6) is 0 Å². The highest BCUT2D eigenvalue weighted by atomic mass is 35.5. The molecule has 0 aliphatic carbocycles. The predicted molar refractivity (Wildman–Crippen MR) is 143 cm³/mol. The third kappa shape index (κ3) is 8.74. The van der Waals surface area contributed by atoms with Gasteiger partial charge in [0.05, 0.1) is 22.0 Å². The molecular weight excluding hydrogens is 504 g/mol. The van der Waals surface area contributed by atoms with Gasteiger partial charge in [-0.1, -0.05) is 88.1 Å². The summed E-state index contributed by atoms with van der Waals surface area (Å²) < 4.78 is 59.5. The number of unbranched alkanes of at least 4 members (excludes halogenated alkanes) is 3. The lowest BCUT2D eigenvalue weighted by molar-refractivity contribution is 0.00270. The minimum absolute atomic E-state index is 0.0108. The fraction of sp³-hybridized carbons (Fsp3) is 0.481. The molecule has 0 N–H and O–H groups in total. The molecule has 0 radical (unpaired) electrons. The number of hydrogen-bond donors (Lipinski definition) is 0. The number of allylic oxidation sites excluding steroid dienone is 1. The van der Waals surface area contributed by atoms with Crippen LogP contribution >= 0.6 is 11.6 Å². The molecule has 35 heavy (non-hydrogen) atoms. The third-order valence-corrected chi connectivity index (χ3v) is 11.2. The monoisotopic (exact) mass is 540 g/mol. The van der Waals surface area contributed by atoms with Crippen LogP contribution in [-0.4, -0.2) is 39.5 Å². The van der Waals surface area contributed by atoms with E-state index in [0.717, 1.165) is 25.7 Å². The molecule has 5 nitrogen and oxygen atoms in total. The van der Waals surface area contributed by atoms with Crippen LogP contribution in [0.4, 0.5) is 0 Å². The Morgan fingerprint density at radius 3 is 1.83 bits per heavy atom. The highest BCUT2D eigenvalue weighted by Gasteiger charge is 2.41. The molecule has 2 atom stereocenters. The molecule has 1 unspecified atom stereocenters. The zero-order valence-electron chi connectivity index (χ0n) is 20.6. The number of rotatable bonds is 16. The van der Waals surface area contributed by atoms with Gasteiger partial charge in [-0.2, -0.15) is 0 Å². The second kappa shape index (κ2) is 14.8. The van der Waals surface area contributed by atoms with Crippen molar-refractivity contribution in [2.24, 2.45) is 0 Å². The summed E-state index contributed by atoms with van der Waals surface area (Å²) in [6.45, 7) is 4.09. The number of hydrogen-bond acceptors (Lipinski definition) is 5. The fourth-order valence-electron chi connectivity index (χ4n) is 3.93. The highest BCUT2D eigenvalue weighted by molar-refractivity contribution is 8.09. The molecule has 194 valence electrons. The Bertz CT molecular complexity index is 1030. The van der Waals surface area contributed by atoms with Crippen LogP contribution in [0, 0.1) is 0 Å². The van der Waals surface area contributed by atoms with E-state index in [0.29, 0.717) is 18.7 Å². The van der Waals surface area contributed by atoms with Gasteiger partial charge in [0.15, 0.2) is 24.3 Å². The van der Waals surface area contributed by atoms with Crippen molar-refractivity contribution in [3.63, 3.8) is 0 Å². The first-order valence-electron chi connectivity index (χ1n) is 12.2. The van der Waals surface area contributed by atoms with Crippen molar-refractivity contribution in [2.45, 2.75) is 85.4 Å². The summed E-state index contributed by atoms with van der Waals surface area (Å²) in [5.41, 5.74) is 0. The van der Waals surface area contributed by atoms with E-state index in [9.17, 15) is 16.8 Å². The van der Waals surface area contributed by atoms with Gasteiger partial charge in [-0.05, 0) is 37.1 Å². The first-order chi connectivity index (χ1) is 16.8. The van der Waals surface area contributed by atoms with E-state index in [1.807, 2.05) is 13.0 Å². The summed E-state index contributed by atoms with van der Waals surface area (Å²) in [4.78, 5) is -0.0216. The van der Waals surface area contributed by atoms with Gasteiger partial charge >= 0.3 is 0 Å². The molecule has 2 rings (SSSR count). The lowest BCUT2D eigenvalue weighted by atomic mass is 10.1. The van der Waals surface area contributed by atoms with E-state index in [2.05, 4.69) is 6.92 Å². The van der Waals surface area contributed by atoms with Crippen molar-refractivity contribution in [1.82, 2.24) is 0 Å². The maximum atomic E-state index is 13.7. The Labute approximate surface area is 216 Å². The Morgan fingerprint density at radius 1 is 0.829 bits per heavy atom. The normalized spacial score (nSPS) is 14.4. The summed E-state index contributed by atoms with van der Waals surface area (Å²) >= 11 is 5.80. The van der Waals surface area contributed by atoms with Crippen LogP contribution in [0.25, 0.3) is 0 Å². The zero-order chi connectivity index (χ0) is 25.7. The van der Waals surface area contributed by atoms with Crippen LogP contribution in [0.15, 0.2) is 82.6 Å². The number of benzene rings is 2. The van der Waals surface area contributed by atoms with E-state index in [4.69, 9.17) is 16.3 Å². The van der Waals surface area contributed by atoms with E-state index in [1.165, 1.54) is 24.3 Å². The van der Waals surface area contributed by atoms with Crippen molar-refractivity contribution in [3.8, 4) is 0 Å². The molecule has 8 heteroatoms. The number of sulfone groups is 2. The first-order valence-corrected chi connectivity index (χ1v) is 15.9. The summed E-state index contributed by atoms with van der Waals surface area (Å²) in [5, 5.41) is 0. The second-order valence-electron chi connectivity index (χ2n) is 8.52. The predicted octanol–water partition coefficient (Wildman–Crippen LogP) is 6.58. The van der Waals surface area contributed by atoms with Gasteiger partial charge in [-0.25, -0.2) is 16.8 Å². The van der Waals surface area contributed by atoms with Gasteiger partial charge in [-0.3, -0.25) is 0 Å². The molecule has 0 spiro atoms. The first kappa shape index (κ1) is 29.6. The summed E-state index contributed by atoms with van der Waals surface area (Å²) in [6.07, 6.45) is 7.87. The minimum Gasteiger partial charge on any atom is -0.371 e. The van der Waals surface area contributed by atoms with Crippen molar-refractivity contribution >= 4 is 31.3 Å². The van der Waals surface area contributed by atoms with E-state index < -0.39 is 30.4 Å². The molecule has 0 saturated heterocycles. The van der Waals surface area contributed by atoms with Gasteiger partial charge < -0.3 is 4.74 Å². The molecular formula is C27H37ClO5S2. The van der Waals surface area contributed by atoms with Crippen molar-refractivity contribution < 1.29 is 21.6 Å². The Kier molecular flexibility index (Phi) is 12.5. The summed E-state index contributed by atoms with van der Waals surface area (Å²) in [5.74, 6) is 0.342. The molecule has 2 aromatic rings. The fourth-order valence-corrected chi connectivity index (χ4v) is 8.65. The number of alkyl halides is 1. The molecule has 0 fully saturated rings. The molecule has 2 aromatic carbocycles. The Balaban J connectivity index is 2.49. The van der Waals surface area contributed by atoms with E-state index in [1.54, 1.807) is 42.5 Å². The average Bonchev–Trinajstić information content (AvgIpc) is 2.87. The molecule has 0 aromatic heterocycles. The lowest BCUT2D eigenvalue weighted by Crippen LogP contribution is -2.36. The molecule has 0 bridgehead atoms. The Hall–Kier alpha value is -1.67. The summed E-state index contributed by atoms with van der Waals surface area (Å²) in [7, 11) is -8.41.